The molecule has 5 heteroatoms. The maximum atomic E-state index is 13.2. The molecule has 1 unspecified atom stereocenters. The zero-order chi connectivity index (χ0) is 16.1. The molecule has 4 nitrogen and oxygen atoms in total. The Morgan fingerprint density at radius 2 is 1.76 bits per heavy atom. The Bertz CT molecular complexity index is 503. The molecule has 0 N–H and O–H groups in total. The molecule has 0 spiro atoms. The molecule has 0 bridgehead atoms. The molecule has 0 aliphatic heterocycles. The number of ether oxygens (including phenoxy) is 1. The molecule has 0 fully saturated rings. The highest BCUT2D eigenvalue weighted by Gasteiger charge is 2.39. The molecule has 0 saturated carbocycles. The van der Waals surface area contributed by atoms with Crippen molar-refractivity contribution in [1.82, 2.24) is 0 Å². The Labute approximate surface area is 127 Å². The van der Waals surface area contributed by atoms with Gasteiger partial charge < -0.3 is 9.26 Å². The molecule has 0 aromatic heterocycles. The SMILES string of the molecule is CC(C)OC(=O)CCP(=O)(Oc1ccccc1)C(C)(C)C. The van der Waals surface area contributed by atoms with Crippen LogP contribution in [-0.2, 0) is 14.1 Å². The standard InChI is InChI=1S/C16H25O4P/c1-13(2)19-15(17)11-12-21(18,16(3,4)5)20-14-9-7-6-8-10-14/h6-10,13H,11-12H2,1-5H3. The molecule has 118 valence electrons. The maximum absolute atomic E-state index is 13.2. The van der Waals surface area contributed by atoms with Gasteiger partial charge in [-0.1, -0.05) is 39.0 Å². The van der Waals surface area contributed by atoms with Gasteiger partial charge in [0.25, 0.3) is 7.37 Å². The summed E-state index contributed by atoms with van der Waals surface area (Å²) in [6.45, 7) is 9.18. The van der Waals surface area contributed by atoms with E-state index in [1.165, 1.54) is 0 Å². The van der Waals surface area contributed by atoms with E-state index in [9.17, 15) is 9.36 Å². The van der Waals surface area contributed by atoms with Crippen molar-refractivity contribution in [3.63, 3.8) is 0 Å². The largest absolute Gasteiger partial charge is 0.463 e. The van der Waals surface area contributed by atoms with Gasteiger partial charge in [-0.2, -0.15) is 0 Å². The first-order valence-electron chi connectivity index (χ1n) is 7.17. The second-order valence-corrected chi connectivity index (χ2v) is 9.58. The molecule has 0 amide bonds. The van der Waals surface area contributed by atoms with E-state index in [2.05, 4.69) is 0 Å². The lowest BCUT2D eigenvalue weighted by atomic mass is 10.3. The highest BCUT2D eigenvalue weighted by atomic mass is 31.2. The summed E-state index contributed by atoms with van der Waals surface area (Å²) >= 11 is 0. The van der Waals surface area contributed by atoms with E-state index in [4.69, 9.17) is 9.26 Å². The fraction of sp³-hybridized carbons (Fsp3) is 0.562. The van der Waals surface area contributed by atoms with Crippen LogP contribution in [0.25, 0.3) is 0 Å². The highest BCUT2D eigenvalue weighted by molar-refractivity contribution is 7.61. The van der Waals surface area contributed by atoms with Gasteiger partial charge in [0.15, 0.2) is 0 Å². The number of benzene rings is 1. The Kier molecular flexibility index (Phi) is 6.03. The molecular formula is C16H25O4P. The number of esters is 1. The van der Waals surface area contributed by atoms with E-state index in [0.717, 1.165) is 0 Å². The van der Waals surface area contributed by atoms with Gasteiger partial charge in [-0.3, -0.25) is 9.36 Å². The van der Waals surface area contributed by atoms with Crippen molar-refractivity contribution >= 4 is 13.3 Å². The number of carbonyl (C=O) groups excluding carboxylic acids is 1. The van der Waals surface area contributed by atoms with Crippen LogP contribution in [0.4, 0.5) is 0 Å². The van der Waals surface area contributed by atoms with Crippen molar-refractivity contribution < 1.29 is 18.6 Å². The van der Waals surface area contributed by atoms with Crippen molar-refractivity contribution in [3.05, 3.63) is 30.3 Å². The molecule has 1 atom stereocenters. The van der Waals surface area contributed by atoms with Crippen LogP contribution in [-0.4, -0.2) is 23.4 Å². The monoisotopic (exact) mass is 312 g/mol. The minimum Gasteiger partial charge on any atom is -0.463 e. The van der Waals surface area contributed by atoms with Crippen LogP contribution in [0.2, 0.25) is 0 Å². The van der Waals surface area contributed by atoms with Crippen LogP contribution in [0, 0.1) is 0 Å². The Morgan fingerprint density at radius 1 is 1.19 bits per heavy atom. The fourth-order valence-corrected chi connectivity index (χ4v) is 3.71. The first-order valence-corrected chi connectivity index (χ1v) is 8.98. The molecule has 0 heterocycles. The number of rotatable bonds is 6. The van der Waals surface area contributed by atoms with Crippen LogP contribution >= 0.6 is 7.37 Å². The third-order valence-electron chi connectivity index (χ3n) is 3.00. The first kappa shape index (κ1) is 17.8. The van der Waals surface area contributed by atoms with E-state index in [0.29, 0.717) is 5.75 Å². The summed E-state index contributed by atoms with van der Waals surface area (Å²) in [6.07, 6.45) is 0.109. The average molecular weight is 312 g/mol. The molecule has 1 aromatic rings. The summed E-state index contributed by atoms with van der Waals surface area (Å²) in [7, 11) is -3.02. The molecule has 0 saturated heterocycles. The summed E-state index contributed by atoms with van der Waals surface area (Å²) < 4.78 is 24.0. The van der Waals surface area contributed by atoms with Crippen molar-refractivity contribution in [1.29, 1.82) is 0 Å². The second kappa shape index (κ2) is 7.13. The minimum absolute atomic E-state index is 0.0968. The first-order chi connectivity index (χ1) is 9.64. The quantitative estimate of drug-likeness (QED) is 0.574. The summed E-state index contributed by atoms with van der Waals surface area (Å²) in [5.74, 6) is 0.221. The smallest absolute Gasteiger partial charge is 0.306 e. The van der Waals surface area contributed by atoms with E-state index in [1.54, 1.807) is 26.0 Å². The van der Waals surface area contributed by atoms with Crippen molar-refractivity contribution in [2.75, 3.05) is 6.16 Å². The average Bonchev–Trinajstić information content (AvgIpc) is 2.35. The predicted molar refractivity (Wildman–Crippen MR) is 85.1 cm³/mol. The van der Waals surface area contributed by atoms with Gasteiger partial charge in [0.05, 0.1) is 12.5 Å². The topological polar surface area (TPSA) is 52.6 Å². The van der Waals surface area contributed by atoms with Gasteiger partial charge in [-0.15, -0.1) is 0 Å². The fourth-order valence-electron chi connectivity index (χ4n) is 1.73. The maximum Gasteiger partial charge on any atom is 0.306 e. The Morgan fingerprint density at radius 3 is 2.24 bits per heavy atom. The molecule has 0 aliphatic rings. The summed E-state index contributed by atoms with van der Waals surface area (Å²) in [6, 6.07) is 9.06. The molecule has 0 radical (unpaired) electrons. The van der Waals surface area contributed by atoms with E-state index in [1.807, 2.05) is 39.0 Å². The molecule has 1 aromatic carbocycles. The van der Waals surface area contributed by atoms with Crippen LogP contribution in [0.5, 0.6) is 5.75 Å². The number of carbonyl (C=O) groups is 1. The lowest BCUT2D eigenvalue weighted by Gasteiger charge is -2.31. The Balaban J connectivity index is 2.81. The van der Waals surface area contributed by atoms with Gasteiger partial charge in [0.2, 0.25) is 0 Å². The lowest BCUT2D eigenvalue weighted by Crippen LogP contribution is -2.23. The molecule has 1 rings (SSSR count). The van der Waals surface area contributed by atoms with Crippen molar-refractivity contribution in [2.24, 2.45) is 0 Å². The van der Waals surface area contributed by atoms with Gasteiger partial charge >= 0.3 is 5.97 Å². The van der Waals surface area contributed by atoms with Crippen molar-refractivity contribution in [3.8, 4) is 5.75 Å². The third-order valence-corrected chi connectivity index (χ3v) is 6.36. The summed E-state index contributed by atoms with van der Waals surface area (Å²) in [5.41, 5.74) is 0. The van der Waals surface area contributed by atoms with Crippen LogP contribution in [0.3, 0.4) is 0 Å². The number of para-hydroxylation sites is 1. The Hall–Kier alpha value is -1.28. The van der Waals surface area contributed by atoms with Crippen LogP contribution in [0.1, 0.15) is 41.0 Å². The number of hydrogen-bond donors (Lipinski definition) is 0. The normalized spacial score (nSPS) is 14.6. The van der Waals surface area contributed by atoms with E-state index >= 15 is 0 Å². The van der Waals surface area contributed by atoms with E-state index in [-0.39, 0.29) is 24.7 Å². The summed E-state index contributed by atoms with van der Waals surface area (Å²) in [5, 5.41) is -0.541. The van der Waals surface area contributed by atoms with Crippen molar-refractivity contribution in [2.45, 2.75) is 52.3 Å². The van der Waals surface area contributed by atoms with Gasteiger partial charge in [-0.25, -0.2) is 0 Å². The molecule has 21 heavy (non-hydrogen) atoms. The zero-order valence-corrected chi connectivity index (χ0v) is 14.4. The predicted octanol–water partition coefficient (Wildman–Crippen LogP) is 4.48. The second-order valence-electron chi connectivity index (χ2n) is 6.26. The van der Waals surface area contributed by atoms with E-state index < -0.39 is 12.5 Å². The lowest BCUT2D eigenvalue weighted by molar-refractivity contribution is -0.146. The highest BCUT2D eigenvalue weighted by Crippen LogP contribution is 2.58. The number of hydrogen-bond acceptors (Lipinski definition) is 4. The zero-order valence-electron chi connectivity index (χ0n) is 13.5. The summed E-state index contributed by atoms with van der Waals surface area (Å²) in [4.78, 5) is 11.7. The van der Waals surface area contributed by atoms with Crippen LogP contribution < -0.4 is 4.52 Å². The minimum atomic E-state index is -3.02. The van der Waals surface area contributed by atoms with Gasteiger partial charge in [0, 0.05) is 11.3 Å². The van der Waals surface area contributed by atoms with Gasteiger partial charge in [-0.05, 0) is 26.0 Å². The molecule has 0 aliphatic carbocycles. The third kappa shape index (κ3) is 5.55. The van der Waals surface area contributed by atoms with Crippen LogP contribution in [0.15, 0.2) is 30.3 Å². The van der Waals surface area contributed by atoms with Gasteiger partial charge in [0.1, 0.15) is 5.75 Å². The molecular weight excluding hydrogens is 287 g/mol.